The van der Waals surface area contributed by atoms with Crippen molar-refractivity contribution < 1.29 is 8.42 Å². The van der Waals surface area contributed by atoms with E-state index >= 15 is 0 Å². The number of sulfonamides is 1. The molecule has 2 aromatic carbocycles. The Bertz CT molecular complexity index is 1250. The second-order valence-electron chi connectivity index (χ2n) is 7.55. The van der Waals surface area contributed by atoms with Crippen LogP contribution in [0.2, 0.25) is 5.02 Å². The molecular formula is C22H21ClN4O2S. The number of aromatic nitrogens is 2. The molecule has 0 atom stereocenters. The molecule has 0 unspecified atom stereocenters. The maximum atomic E-state index is 12.3. The van der Waals surface area contributed by atoms with Crippen LogP contribution in [0.5, 0.6) is 0 Å². The van der Waals surface area contributed by atoms with Crippen molar-refractivity contribution in [3.05, 3.63) is 70.0 Å². The minimum Gasteiger partial charge on any atom is -0.265 e. The van der Waals surface area contributed by atoms with Crippen LogP contribution >= 0.6 is 11.6 Å². The molecule has 0 spiro atoms. The van der Waals surface area contributed by atoms with Gasteiger partial charge in [-0.15, -0.1) is 0 Å². The van der Waals surface area contributed by atoms with Gasteiger partial charge in [0.05, 0.1) is 27.7 Å². The molecule has 1 aliphatic carbocycles. The van der Waals surface area contributed by atoms with E-state index in [2.05, 4.69) is 15.9 Å². The van der Waals surface area contributed by atoms with E-state index in [1.54, 1.807) is 24.3 Å². The van der Waals surface area contributed by atoms with Crippen LogP contribution in [0.25, 0.3) is 11.1 Å². The Morgan fingerprint density at radius 3 is 2.50 bits per heavy atom. The standard InChI is InChI=1S/C22H21ClN4O2S/c1-14-22(17-5-6-18(12-24)21(23)11-17)15(2)27(25-14)13-16-3-9-20(10-4-16)30(28,29)26-19-7-8-19/h3-6,9-11,19,26H,7-8,13H2,1-2H3. The van der Waals surface area contributed by atoms with E-state index in [-0.39, 0.29) is 10.9 Å². The van der Waals surface area contributed by atoms with Crippen molar-refractivity contribution in [2.45, 2.75) is 44.2 Å². The van der Waals surface area contributed by atoms with Crippen LogP contribution in [-0.4, -0.2) is 24.2 Å². The van der Waals surface area contributed by atoms with E-state index in [1.165, 1.54) is 0 Å². The number of hydrogen-bond acceptors (Lipinski definition) is 4. The minimum absolute atomic E-state index is 0.0820. The Balaban J connectivity index is 1.58. The smallest absolute Gasteiger partial charge is 0.240 e. The Morgan fingerprint density at radius 1 is 1.20 bits per heavy atom. The highest BCUT2D eigenvalue weighted by molar-refractivity contribution is 7.89. The summed E-state index contributed by atoms with van der Waals surface area (Å²) in [5, 5.41) is 14.1. The third kappa shape index (κ3) is 4.12. The van der Waals surface area contributed by atoms with Gasteiger partial charge in [-0.2, -0.15) is 10.4 Å². The van der Waals surface area contributed by atoms with Crippen molar-refractivity contribution in [3.63, 3.8) is 0 Å². The molecule has 8 heteroatoms. The number of aryl methyl sites for hydroxylation is 1. The van der Waals surface area contributed by atoms with Crippen molar-refractivity contribution in [1.82, 2.24) is 14.5 Å². The van der Waals surface area contributed by atoms with Gasteiger partial charge in [0.1, 0.15) is 6.07 Å². The quantitative estimate of drug-likeness (QED) is 0.622. The lowest BCUT2D eigenvalue weighted by Gasteiger charge is -2.09. The maximum Gasteiger partial charge on any atom is 0.240 e. The Kier molecular flexibility index (Phi) is 5.41. The lowest BCUT2D eigenvalue weighted by atomic mass is 10.0. The number of nitriles is 1. The first-order valence-electron chi connectivity index (χ1n) is 9.64. The highest BCUT2D eigenvalue weighted by Gasteiger charge is 2.27. The zero-order valence-electron chi connectivity index (χ0n) is 16.7. The fraction of sp³-hybridized carbons (Fsp3) is 0.273. The first-order chi connectivity index (χ1) is 14.3. The molecule has 0 radical (unpaired) electrons. The van der Waals surface area contributed by atoms with E-state index in [1.807, 2.05) is 36.7 Å². The number of nitrogens with zero attached hydrogens (tertiary/aromatic N) is 3. The van der Waals surface area contributed by atoms with Crippen LogP contribution in [0.4, 0.5) is 0 Å². The highest BCUT2D eigenvalue weighted by atomic mass is 35.5. The zero-order valence-corrected chi connectivity index (χ0v) is 18.3. The van der Waals surface area contributed by atoms with E-state index in [4.69, 9.17) is 16.9 Å². The average molecular weight is 441 g/mol. The maximum absolute atomic E-state index is 12.3. The predicted octanol–water partition coefficient (Wildman–Crippen LogP) is 4.18. The summed E-state index contributed by atoms with van der Waals surface area (Å²) in [6.45, 7) is 4.44. The van der Waals surface area contributed by atoms with Crippen LogP contribution in [0.3, 0.4) is 0 Å². The van der Waals surface area contributed by atoms with Crippen LogP contribution < -0.4 is 4.72 Å². The Morgan fingerprint density at radius 2 is 1.90 bits per heavy atom. The number of benzene rings is 2. The zero-order chi connectivity index (χ0) is 21.5. The molecule has 0 bridgehead atoms. The Hall–Kier alpha value is -2.66. The molecule has 0 aliphatic heterocycles. The monoisotopic (exact) mass is 440 g/mol. The van der Waals surface area contributed by atoms with Crippen molar-refractivity contribution in [2.75, 3.05) is 0 Å². The van der Waals surface area contributed by atoms with Crippen molar-refractivity contribution >= 4 is 21.6 Å². The molecule has 3 aromatic rings. The fourth-order valence-corrected chi connectivity index (χ4v) is 4.99. The van der Waals surface area contributed by atoms with E-state index in [0.717, 1.165) is 40.9 Å². The molecule has 4 rings (SSSR count). The van der Waals surface area contributed by atoms with Gasteiger partial charge in [0.15, 0.2) is 0 Å². The van der Waals surface area contributed by atoms with Gasteiger partial charge in [-0.3, -0.25) is 4.68 Å². The lowest BCUT2D eigenvalue weighted by molar-refractivity contribution is 0.581. The second kappa shape index (κ2) is 7.88. The van der Waals surface area contributed by atoms with Crippen LogP contribution in [-0.2, 0) is 16.6 Å². The summed E-state index contributed by atoms with van der Waals surface area (Å²) in [6.07, 6.45) is 1.81. The molecular weight excluding hydrogens is 420 g/mol. The predicted molar refractivity (Wildman–Crippen MR) is 116 cm³/mol. The molecule has 6 nitrogen and oxygen atoms in total. The summed E-state index contributed by atoms with van der Waals surface area (Å²) in [4.78, 5) is 0.277. The minimum atomic E-state index is -3.45. The third-order valence-corrected chi connectivity index (χ3v) is 7.07. The lowest BCUT2D eigenvalue weighted by Crippen LogP contribution is -2.25. The van der Waals surface area contributed by atoms with Crippen LogP contribution in [0.1, 0.15) is 35.4 Å². The summed E-state index contributed by atoms with van der Waals surface area (Å²) in [7, 11) is -3.45. The number of rotatable bonds is 6. The molecule has 0 amide bonds. The molecule has 1 N–H and O–H groups in total. The van der Waals surface area contributed by atoms with Gasteiger partial charge < -0.3 is 0 Å². The molecule has 1 aliphatic rings. The van der Waals surface area contributed by atoms with Gasteiger partial charge in [0, 0.05) is 17.3 Å². The number of hydrogen-bond donors (Lipinski definition) is 1. The molecule has 0 saturated heterocycles. The van der Waals surface area contributed by atoms with E-state index in [0.29, 0.717) is 17.1 Å². The summed E-state index contributed by atoms with van der Waals surface area (Å²) in [6, 6.07) is 14.4. The Labute approximate surface area is 181 Å². The molecule has 1 fully saturated rings. The molecule has 154 valence electrons. The van der Waals surface area contributed by atoms with Crippen molar-refractivity contribution in [1.29, 1.82) is 5.26 Å². The molecule has 1 saturated carbocycles. The van der Waals surface area contributed by atoms with Gasteiger partial charge in [-0.05, 0) is 62.1 Å². The highest BCUT2D eigenvalue weighted by Crippen LogP contribution is 2.31. The molecule has 1 heterocycles. The summed E-state index contributed by atoms with van der Waals surface area (Å²) < 4.78 is 29.2. The van der Waals surface area contributed by atoms with Gasteiger partial charge in [0.2, 0.25) is 10.0 Å². The van der Waals surface area contributed by atoms with Gasteiger partial charge in [-0.1, -0.05) is 29.8 Å². The topological polar surface area (TPSA) is 87.8 Å². The summed E-state index contributed by atoms with van der Waals surface area (Å²) >= 11 is 6.20. The van der Waals surface area contributed by atoms with Crippen molar-refractivity contribution in [3.8, 4) is 17.2 Å². The normalized spacial score (nSPS) is 13.9. The van der Waals surface area contributed by atoms with Crippen LogP contribution in [0.15, 0.2) is 47.4 Å². The first kappa shape index (κ1) is 20.6. The van der Waals surface area contributed by atoms with Crippen LogP contribution in [0, 0.1) is 25.2 Å². The van der Waals surface area contributed by atoms with Gasteiger partial charge >= 0.3 is 0 Å². The molecule has 1 aromatic heterocycles. The average Bonchev–Trinajstić information content (AvgIpc) is 3.46. The second-order valence-corrected chi connectivity index (χ2v) is 9.67. The van der Waals surface area contributed by atoms with Gasteiger partial charge in [-0.25, -0.2) is 13.1 Å². The summed E-state index contributed by atoms with van der Waals surface area (Å²) in [5.41, 5.74) is 5.12. The SMILES string of the molecule is Cc1nn(Cc2ccc(S(=O)(=O)NC3CC3)cc2)c(C)c1-c1ccc(C#N)c(Cl)c1. The largest absolute Gasteiger partial charge is 0.265 e. The number of nitrogens with one attached hydrogen (secondary N) is 1. The van der Waals surface area contributed by atoms with E-state index < -0.39 is 10.0 Å². The first-order valence-corrected chi connectivity index (χ1v) is 11.5. The molecule has 30 heavy (non-hydrogen) atoms. The third-order valence-electron chi connectivity index (χ3n) is 5.22. The number of halogens is 1. The summed E-state index contributed by atoms with van der Waals surface area (Å²) in [5.74, 6) is 0. The van der Waals surface area contributed by atoms with Gasteiger partial charge in [0.25, 0.3) is 0 Å². The van der Waals surface area contributed by atoms with E-state index in [9.17, 15) is 8.42 Å². The fourth-order valence-electron chi connectivity index (χ4n) is 3.47. The van der Waals surface area contributed by atoms with Crippen molar-refractivity contribution in [2.24, 2.45) is 0 Å².